The SMILES string of the molecule is CCCC1(CNC(=O)N[C@@H](c2nccs2)C2CC2)CC1. The predicted molar refractivity (Wildman–Crippen MR) is 80.7 cm³/mol. The summed E-state index contributed by atoms with van der Waals surface area (Å²) in [6, 6.07) is 0.0795. The van der Waals surface area contributed by atoms with Gasteiger partial charge in [-0.25, -0.2) is 9.78 Å². The topological polar surface area (TPSA) is 54.0 Å². The lowest BCUT2D eigenvalue weighted by Gasteiger charge is -2.19. The van der Waals surface area contributed by atoms with Crippen LogP contribution in [0.4, 0.5) is 4.79 Å². The van der Waals surface area contributed by atoms with E-state index in [0.29, 0.717) is 11.3 Å². The first-order valence-corrected chi connectivity index (χ1v) is 8.54. The van der Waals surface area contributed by atoms with Crippen LogP contribution in [0.2, 0.25) is 0 Å². The molecule has 110 valence electrons. The van der Waals surface area contributed by atoms with E-state index in [9.17, 15) is 4.79 Å². The van der Waals surface area contributed by atoms with E-state index in [1.165, 1.54) is 38.5 Å². The second kappa shape index (κ2) is 5.72. The second-order valence-electron chi connectivity index (χ2n) is 6.26. The Labute approximate surface area is 124 Å². The molecule has 3 rings (SSSR count). The van der Waals surface area contributed by atoms with E-state index in [4.69, 9.17) is 0 Å². The molecule has 1 aromatic heterocycles. The van der Waals surface area contributed by atoms with Crippen LogP contribution in [0.5, 0.6) is 0 Å². The zero-order chi connectivity index (χ0) is 14.0. The third kappa shape index (κ3) is 3.32. The average Bonchev–Trinajstić information content (AvgIpc) is 3.35. The van der Waals surface area contributed by atoms with Crippen molar-refractivity contribution in [3.63, 3.8) is 0 Å². The molecule has 2 aliphatic rings. The van der Waals surface area contributed by atoms with Crippen LogP contribution in [0.25, 0.3) is 0 Å². The maximum absolute atomic E-state index is 12.1. The molecule has 1 atom stereocenters. The van der Waals surface area contributed by atoms with Gasteiger partial charge in [-0.2, -0.15) is 0 Å². The van der Waals surface area contributed by atoms with Gasteiger partial charge in [-0.3, -0.25) is 0 Å². The summed E-state index contributed by atoms with van der Waals surface area (Å²) in [6.07, 6.45) is 9.17. The zero-order valence-electron chi connectivity index (χ0n) is 12.0. The monoisotopic (exact) mass is 293 g/mol. The van der Waals surface area contributed by atoms with Gasteiger partial charge in [0, 0.05) is 18.1 Å². The van der Waals surface area contributed by atoms with Crippen molar-refractivity contribution in [1.82, 2.24) is 15.6 Å². The molecule has 2 fully saturated rings. The van der Waals surface area contributed by atoms with Crippen LogP contribution in [0.15, 0.2) is 11.6 Å². The van der Waals surface area contributed by atoms with E-state index in [1.54, 1.807) is 11.3 Å². The van der Waals surface area contributed by atoms with Crippen LogP contribution >= 0.6 is 11.3 Å². The van der Waals surface area contributed by atoms with Crippen molar-refractivity contribution in [3.05, 3.63) is 16.6 Å². The lowest BCUT2D eigenvalue weighted by Crippen LogP contribution is -2.41. The maximum atomic E-state index is 12.1. The molecule has 5 heteroatoms. The van der Waals surface area contributed by atoms with Gasteiger partial charge in [-0.05, 0) is 43.4 Å². The van der Waals surface area contributed by atoms with Crippen LogP contribution in [0.3, 0.4) is 0 Å². The highest BCUT2D eigenvalue weighted by Gasteiger charge is 2.42. The molecule has 0 aromatic carbocycles. The van der Waals surface area contributed by atoms with Gasteiger partial charge in [0.05, 0.1) is 6.04 Å². The number of nitrogens with one attached hydrogen (secondary N) is 2. The van der Waals surface area contributed by atoms with Crippen LogP contribution in [0.1, 0.15) is 56.5 Å². The number of rotatable bonds is 7. The molecule has 4 nitrogen and oxygen atoms in total. The number of urea groups is 1. The summed E-state index contributed by atoms with van der Waals surface area (Å²) in [5.41, 5.74) is 0.405. The average molecular weight is 293 g/mol. The van der Waals surface area contributed by atoms with E-state index < -0.39 is 0 Å². The third-order valence-corrected chi connectivity index (χ3v) is 5.32. The van der Waals surface area contributed by atoms with Crippen molar-refractivity contribution in [2.24, 2.45) is 11.3 Å². The molecule has 2 saturated carbocycles. The van der Waals surface area contributed by atoms with Crippen LogP contribution in [0, 0.1) is 11.3 Å². The Kier molecular flexibility index (Phi) is 3.96. The fourth-order valence-corrected chi connectivity index (χ4v) is 3.66. The van der Waals surface area contributed by atoms with Crippen molar-refractivity contribution in [2.75, 3.05) is 6.54 Å². The van der Waals surface area contributed by atoms with Gasteiger partial charge in [-0.1, -0.05) is 13.3 Å². The number of hydrogen-bond donors (Lipinski definition) is 2. The lowest BCUT2D eigenvalue weighted by molar-refractivity contribution is 0.232. The summed E-state index contributed by atoms with van der Waals surface area (Å²) in [5, 5.41) is 9.21. The molecule has 0 saturated heterocycles. The number of carbonyl (C=O) groups is 1. The summed E-state index contributed by atoms with van der Waals surface area (Å²) in [7, 11) is 0. The maximum Gasteiger partial charge on any atom is 0.315 e. The van der Waals surface area contributed by atoms with Crippen molar-refractivity contribution in [2.45, 2.75) is 51.5 Å². The normalized spacial score (nSPS) is 21.2. The number of carbonyl (C=O) groups excluding carboxylic acids is 1. The molecule has 0 unspecified atom stereocenters. The molecule has 20 heavy (non-hydrogen) atoms. The molecule has 2 N–H and O–H groups in total. The molecule has 2 amide bonds. The predicted octanol–water partition coefficient (Wildman–Crippen LogP) is 3.47. The molecule has 0 aliphatic heterocycles. The van der Waals surface area contributed by atoms with Gasteiger partial charge in [0.2, 0.25) is 0 Å². The Hall–Kier alpha value is -1.10. The molecule has 0 spiro atoms. The minimum atomic E-state index is -0.0283. The van der Waals surface area contributed by atoms with Crippen LogP contribution < -0.4 is 10.6 Å². The first-order valence-electron chi connectivity index (χ1n) is 7.66. The molecule has 2 aliphatic carbocycles. The standard InChI is InChI=1S/C15H23N3OS/c1-2-5-15(6-7-15)10-17-14(19)18-12(11-3-4-11)13-16-8-9-20-13/h8-9,11-12H,2-7,10H2,1H3,(H2,17,18,19)/t12-/m1/s1. The minimum absolute atomic E-state index is 0.0283. The molecule has 1 heterocycles. The molecular weight excluding hydrogens is 270 g/mol. The molecule has 1 aromatic rings. The Balaban J connectivity index is 1.50. The van der Waals surface area contributed by atoms with Gasteiger partial charge in [-0.15, -0.1) is 11.3 Å². The molecular formula is C15H23N3OS. The lowest BCUT2D eigenvalue weighted by atomic mass is 10.0. The summed E-state index contributed by atoms with van der Waals surface area (Å²) in [5.74, 6) is 0.581. The first-order chi connectivity index (χ1) is 9.72. The highest BCUT2D eigenvalue weighted by molar-refractivity contribution is 7.09. The second-order valence-corrected chi connectivity index (χ2v) is 7.19. The largest absolute Gasteiger partial charge is 0.338 e. The Morgan fingerprint density at radius 1 is 1.55 bits per heavy atom. The Bertz CT molecular complexity index is 452. The zero-order valence-corrected chi connectivity index (χ0v) is 12.8. The van der Waals surface area contributed by atoms with E-state index in [1.807, 2.05) is 11.6 Å². The van der Waals surface area contributed by atoms with Crippen molar-refractivity contribution in [3.8, 4) is 0 Å². The van der Waals surface area contributed by atoms with Gasteiger partial charge in [0.1, 0.15) is 5.01 Å². The minimum Gasteiger partial charge on any atom is -0.338 e. The molecule has 0 bridgehead atoms. The van der Waals surface area contributed by atoms with Crippen molar-refractivity contribution < 1.29 is 4.79 Å². The summed E-state index contributed by atoms with van der Waals surface area (Å²) >= 11 is 1.63. The number of hydrogen-bond acceptors (Lipinski definition) is 3. The van der Waals surface area contributed by atoms with E-state index in [0.717, 1.165) is 11.6 Å². The number of nitrogens with zero attached hydrogens (tertiary/aromatic N) is 1. The van der Waals surface area contributed by atoms with Crippen LogP contribution in [-0.4, -0.2) is 17.6 Å². The molecule has 0 radical (unpaired) electrons. The highest BCUT2D eigenvalue weighted by Crippen LogP contribution is 2.49. The third-order valence-electron chi connectivity index (χ3n) is 4.46. The summed E-state index contributed by atoms with van der Waals surface area (Å²) in [4.78, 5) is 16.5. The fraction of sp³-hybridized carbons (Fsp3) is 0.733. The van der Waals surface area contributed by atoms with E-state index in [2.05, 4.69) is 22.5 Å². The van der Waals surface area contributed by atoms with Crippen molar-refractivity contribution >= 4 is 17.4 Å². The van der Waals surface area contributed by atoms with E-state index in [-0.39, 0.29) is 12.1 Å². The van der Waals surface area contributed by atoms with Gasteiger partial charge in [0.15, 0.2) is 0 Å². The van der Waals surface area contributed by atoms with Gasteiger partial charge in [0.25, 0.3) is 0 Å². The summed E-state index contributed by atoms with van der Waals surface area (Å²) < 4.78 is 0. The van der Waals surface area contributed by atoms with Gasteiger partial charge < -0.3 is 10.6 Å². The fourth-order valence-electron chi connectivity index (χ4n) is 2.88. The highest BCUT2D eigenvalue weighted by atomic mass is 32.1. The number of amides is 2. The summed E-state index contributed by atoms with van der Waals surface area (Å²) in [6.45, 7) is 3.04. The smallest absolute Gasteiger partial charge is 0.315 e. The van der Waals surface area contributed by atoms with Crippen molar-refractivity contribution in [1.29, 1.82) is 0 Å². The number of thiazole rings is 1. The number of aromatic nitrogens is 1. The Morgan fingerprint density at radius 2 is 2.35 bits per heavy atom. The quantitative estimate of drug-likeness (QED) is 0.808. The van der Waals surface area contributed by atoms with Crippen LogP contribution in [-0.2, 0) is 0 Å². The van der Waals surface area contributed by atoms with Gasteiger partial charge >= 0.3 is 6.03 Å². The van der Waals surface area contributed by atoms with E-state index >= 15 is 0 Å². The first kappa shape index (κ1) is 13.9. The Morgan fingerprint density at radius 3 is 2.90 bits per heavy atom.